The third-order valence-corrected chi connectivity index (χ3v) is 6.91. The predicted octanol–water partition coefficient (Wildman–Crippen LogP) is 5.86. The molecule has 0 saturated carbocycles. The third-order valence-electron chi connectivity index (χ3n) is 6.91. The minimum Gasteiger partial charge on any atom is -0.494 e. The van der Waals surface area contributed by atoms with Crippen LogP contribution in [0.5, 0.6) is 5.88 Å². The molecular weight excluding hydrogens is 412 g/mol. The van der Waals surface area contributed by atoms with Gasteiger partial charge >= 0.3 is 0 Å². The van der Waals surface area contributed by atoms with Crippen molar-refractivity contribution in [2.75, 3.05) is 13.2 Å². The monoisotopic (exact) mass is 440 g/mol. The van der Waals surface area contributed by atoms with Gasteiger partial charge in [0.1, 0.15) is 0 Å². The molecule has 2 aromatic heterocycles. The molecular formula is C28H28N2O3. The number of rotatable bonds is 7. The lowest BCUT2D eigenvalue weighted by molar-refractivity contribution is 0.121. The van der Waals surface area contributed by atoms with Crippen LogP contribution in [0.25, 0.3) is 43.7 Å². The number of aromatic amines is 1. The summed E-state index contributed by atoms with van der Waals surface area (Å²) in [6.07, 6.45) is 4.46. The summed E-state index contributed by atoms with van der Waals surface area (Å²) in [6.45, 7) is 4.35. The molecule has 2 heterocycles. The summed E-state index contributed by atoms with van der Waals surface area (Å²) < 4.78 is 8.19. The number of aliphatic hydroxyl groups is 1. The van der Waals surface area contributed by atoms with Crippen molar-refractivity contribution >= 4 is 32.6 Å². The van der Waals surface area contributed by atoms with Crippen LogP contribution in [-0.2, 0) is 24.3 Å². The van der Waals surface area contributed by atoms with Crippen LogP contribution in [0, 0.1) is 0 Å². The Hall–Kier alpha value is -3.28. The number of aromatic hydroxyl groups is 1. The Balaban J connectivity index is 1.72. The fraction of sp³-hybridized carbons (Fsp3) is 0.286. The van der Waals surface area contributed by atoms with Gasteiger partial charge in [-0.15, -0.1) is 0 Å². The van der Waals surface area contributed by atoms with Gasteiger partial charge < -0.3 is 24.5 Å². The number of aromatic nitrogens is 2. The molecule has 5 nitrogen and oxygen atoms in total. The molecule has 0 atom stereocenters. The Labute approximate surface area is 192 Å². The average molecular weight is 441 g/mol. The van der Waals surface area contributed by atoms with Gasteiger partial charge in [-0.25, -0.2) is 0 Å². The first-order valence-corrected chi connectivity index (χ1v) is 11.8. The smallest absolute Gasteiger partial charge is 0.197 e. The predicted molar refractivity (Wildman–Crippen MR) is 133 cm³/mol. The van der Waals surface area contributed by atoms with E-state index in [-0.39, 0.29) is 12.5 Å². The Morgan fingerprint density at radius 1 is 1.09 bits per heavy atom. The van der Waals surface area contributed by atoms with Crippen molar-refractivity contribution in [1.29, 1.82) is 0 Å². The topological polar surface area (TPSA) is 70.4 Å². The molecule has 0 fully saturated rings. The lowest BCUT2D eigenvalue weighted by Crippen LogP contribution is -2.02. The zero-order chi connectivity index (χ0) is 22.5. The summed E-state index contributed by atoms with van der Waals surface area (Å²) in [5.41, 5.74) is 8.38. The summed E-state index contributed by atoms with van der Waals surface area (Å²) in [5, 5.41) is 24.8. The maximum atomic E-state index is 10.9. The molecule has 5 aromatic rings. The Kier molecular flexibility index (Phi) is 4.89. The molecule has 0 saturated heterocycles. The van der Waals surface area contributed by atoms with Crippen LogP contribution in [0.4, 0.5) is 0 Å². The normalized spacial score (nSPS) is 12.8. The van der Waals surface area contributed by atoms with E-state index in [1.165, 1.54) is 33.0 Å². The molecule has 0 bridgehead atoms. The van der Waals surface area contributed by atoms with Crippen molar-refractivity contribution < 1.29 is 14.9 Å². The number of hydrogen-bond donors (Lipinski definition) is 3. The minimum atomic E-state index is 0.152. The molecule has 5 heteroatoms. The number of ether oxygens (including phenoxy) is 1. The van der Waals surface area contributed by atoms with Crippen molar-refractivity contribution in [3.8, 4) is 17.0 Å². The van der Waals surface area contributed by atoms with Gasteiger partial charge in [0.25, 0.3) is 0 Å². The van der Waals surface area contributed by atoms with Crippen LogP contribution in [-0.4, -0.2) is 33.0 Å². The molecule has 0 unspecified atom stereocenters. The lowest BCUT2D eigenvalue weighted by atomic mass is 9.96. The first kappa shape index (κ1) is 20.3. The fourth-order valence-electron chi connectivity index (χ4n) is 5.58. The Morgan fingerprint density at radius 2 is 1.97 bits per heavy atom. The van der Waals surface area contributed by atoms with E-state index in [2.05, 4.69) is 58.9 Å². The standard InChI is InChI=1S/C28H28N2O3/c1-2-12-33-16-17-8-9-23-20(13-17)25-22-15-29-28(32)26(22)24-19-7-4-3-6-18(19)14-21(24)27(25)30(23)10-5-11-31/h3-4,6-9,13,15,29,31-32H,2,5,10-12,14,16H2,1H3. The van der Waals surface area contributed by atoms with Crippen molar-refractivity contribution in [3.05, 3.63) is 65.4 Å². The molecule has 6 rings (SSSR count). The van der Waals surface area contributed by atoms with Gasteiger partial charge in [-0.2, -0.15) is 0 Å². The molecule has 3 N–H and O–H groups in total. The molecule has 0 aliphatic heterocycles. The maximum Gasteiger partial charge on any atom is 0.197 e. The highest BCUT2D eigenvalue weighted by atomic mass is 16.5. The van der Waals surface area contributed by atoms with E-state index < -0.39 is 0 Å². The summed E-state index contributed by atoms with van der Waals surface area (Å²) in [5.74, 6) is 0.221. The summed E-state index contributed by atoms with van der Waals surface area (Å²) in [7, 11) is 0. The second-order valence-corrected chi connectivity index (χ2v) is 8.97. The van der Waals surface area contributed by atoms with Gasteiger partial charge in [-0.3, -0.25) is 0 Å². The Bertz CT molecular complexity index is 1510. The van der Waals surface area contributed by atoms with Crippen molar-refractivity contribution in [1.82, 2.24) is 9.55 Å². The van der Waals surface area contributed by atoms with E-state index in [1.54, 1.807) is 0 Å². The fourth-order valence-corrected chi connectivity index (χ4v) is 5.58. The third kappa shape index (κ3) is 3.00. The number of fused-ring (bicyclic) bond motifs is 10. The molecule has 168 valence electrons. The number of hydrogen-bond acceptors (Lipinski definition) is 3. The second kappa shape index (κ2) is 7.94. The van der Waals surface area contributed by atoms with Crippen molar-refractivity contribution in [3.63, 3.8) is 0 Å². The van der Waals surface area contributed by atoms with Gasteiger partial charge in [0.15, 0.2) is 5.88 Å². The van der Waals surface area contributed by atoms with Gasteiger partial charge in [0.05, 0.1) is 17.5 Å². The van der Waals surface area contributed by atoms with Crippen LogP contribution in [0.15, 0.2) is 48.7 Å². The summed E-state index contributed by atoms with van der Waals surface area (Å²) in [4.78, 5) is 3.08. The van der Waals surface area contributed by atoms with Gasteiger partial charge in [-0.1, -0.05) is 37.3 Å². The van der Waals surface area contributed by atoms with E-state index in [0.29, 0.717) is 13.0 Å². The van der Waals surface area contributed by atoms with Crippen LogP contribution < -0.4 is 0 Å². The highest BCUT2D eigenvalue weighted by molar-refractivity contribution is 6.27. The quantitative estimate of drug-likeness (QED) is 0.272. The first-order valence-electron chi connectivity index (χ1n) is 11.8. The summed E-state index contributed by atoms with van der Waals surface area (Å²) >= 11 is 0. The zero-order valence-corrected chi connectivity index (χ0v) is 18.8. The highest BCUT2D eigenvalue weighted by Gasteiger charge is 2.29. The average Bonchev–Trinajstić information content (AvgIpc) is 3.49. The molecule has 1 aliphatic carbocycles. The SMILES string of the molecule is CCCOCc1ccc2c(c1)c1c3c[nH]c(O)c3c3c(c1n2CCCO)Cc1ccccc1-3. The molecule has 0 radical (unpaired) electrons. The number of benzene rings is 3. The van der Waals surface area contributed by atoms with Gasteiger partial charge in [0, 0.05) is 59.6 Å². The second-order valence-electron chi connectivity index (χ2n) is 8.97. The molecule has 33 heavy (non-hydrogen) atoms. The molecule has 3 aromatic carbocycles. The van der Waals surface area contributed by atoms with Crippen LogP contribution >= 0.6 is 0 Å². The van der Waals surface area contributed by atoms with E-state index in [9.17, 15) is 10.2 Å². The van der Waals surface area contributed by atoms with Crippen LogP contribution in [0.3, 0.4) is 0 Å². The van der Waals surface area contributed by atoms with E-state index in [0.717, 1.165) is 53.4 Å². The number of aliphatic hydroxyl groups excluding tert-OH is 1. The highest BCUT2D eigenvalue weighted by Crippen LogP contribution is 2.50. The van der Waals surface area contributed by atoms with E-state index >= 15 is 0 Å². The Morgan fingerprint density at radius 3 is 2.82 bits per heavy atom. The molecule has 1 aliphatic rings. The maximum absolute atomic E-state index is 10.9. The summed E-state index contributed by atoms with van der Waals surface area (Å²) in [6, 6.07) is 15.1. The number of nitrogens with one attached hydrogen (secondary N) is 1. The largest absolute Gasteiger partial charge is 0.494 e. The number of aryl methyl sites for hydroxylation is 1. The minimum absolute atomic E-state index is 0.152. The van der Waals surface area contributed by atoms with Gasteiger partial charge in [-0.05, 0) is 47.2 Å². The number of H-pyrrole nitrogens is 1. The van der Waals surface area contributed by atoms with Crippen LogP contribution in [0.1, 0.15) is 36.5 Å². The lowest BCUT2D eigenvalue weighted by Gasteiger charge is -2.12. The molecule has 0 spiro atoms. The number of nitrogens with zero attached hydrogens (tertiary/aromatic N) is 1. The zero-order valence-electron chi connectivity index (χ0n) is 18.8. The van der Waals surface area contributed by atoms with Crippen molar-refractivity contribution in [2.24, 2.45) is 0 Å². The van der Waals surface area contributed by atoms with E-state index in [4.69, 9.17) is 4.74 Å². The van der Waals surface area contributed by atoms with E-state index in [1.807, 2.05) is 6.20 Å². The van der Waals surface area contributed by atoms with Crippen molar-refractivity contribution in [2.45, 2.75) is 39.3 Å². The molecule has 0 amide bonds. The van der Waals surface area contributed by atoms with Gasteiger partial charge in [0.2, 0.25) is 0 Å². The van der Waals surface area contributed by atoms with Crippen LogP contribution in [0.2, 0.25) is 0 Å². The first-order chi connectivity index (χ1) is 16.2.